The molecular weight excluding hydrogens is 236 g/mol. The topological polar surface area (TPSA) is 133 Å². The Hall–Kier alpha value is -1.63. The first kappa shape index (κ1) is 16.4. The molecule has 0 saturated heterocycles. The lowest BCUT2D eigenvalue weighted by atomic mass is 10.0. The van der Waals surface area contributed by atoms with Crippen molar-refractivity contribution >= 4 is 17.7 Å². The Morgan fingerprint density at radius 1 is 1.06 bits per heavy atom. The van der Waals surface area contributed by atoms with Gasteiger partial charge in [-0.1, -0.05) is 6.92 Å². The van der Waals surface area contributed by atoms with Crippen molar-refractivity contribution in [3.05, 3.63) is 0 Å². The molecule has 0 heterocycles. The summed E-state index contributed by atoms with van der Waals surface area (Å²) in [5, 5.41) is 0. The van der Waals surface area contributed by atoms with Crippen LogP contribution in [0.1, 0.15) is 26.2 Å². The van der Waals surface area contributed by atoms with E-state index in [9.17, 15) is 14.4 Å². The fourth-order valence-electron chi connectivity index (χ4n) is 1.57. The zero-order valence-corrected chi connectivity index (χ0v) is 10.7. The van der Waals surface area contributed by atoms with Crippen LogP contribution in [0.5, 0.6) is 0 Å². The van der Waals surface area contributed by atoms with E-state index in [0.29, 0.717) is 18.9 Å². The van der Waals surface area contributed by atoms with E-state index in [2.05, 4.69) is 0 Å². The summed E-state index contributed by atoms with van der Waals surface area (Å²) in [4.78, 5) is 34.5. The zero-order valence-electron chi connectivity index (χ0n) is 10.7. The quantitative estimate of drug-likeness (QED) is 0.466. The van der Waals surface area contributed by atoms with Gasteiger partial charge in [0.2, 0.25) is 17.7 Å². The third kappa shape index (κ3) is 7.61. The summed E-state index contributed by atoms with van der Waals surface area (Å²) < 4.78 is 0. The summed E-state index contributed by atoms with van der Waals surface area (Å²) in [5.41, 5.74) is 15.4. The number of rotatable bonds is 9. The molecule has 0 spiro atoms. The molecule has 0 rings (SSSR count). The Morgan fingerprint density at radius 3 is 1.94 bits per heavy atom. The van der Waals surface area contributed by atoms with Crippen molar-refractivity contribution in [3.8, 4) is 0 Å². The number of primary amides is 2. The normalized spacial score (nSPS) is 11.9. The second-order valence-corrected chi connectivity index (χ2v) is 4.40. The van der Waals surface area contributed by atoms with E-state index >= 15 is 0 Å². The van der Waals surface area contributed by atoms with Crippen LogP contribution in [0.2, 0.25) is 0 Å². The SMILES string of the molecule is CC(CCN)CCC(=O)N(CC(N)=O)CC(N)=O. The number of carbonyl (C=O) groups is 3. The Kier molecular flexibility index (Phi) is 7.69. The highest BCUT2D eigenvalue weighted by molar-refractivity contribution is 5.88. The van der Waals surface area contributed by atoms with Gasteiger partial charge in [-0.2, -0.15) is 0 Å². The minimum absolute atomic E-state index is 0.252. The average molecular weight is 258 g/mol. The molecule has 0 aliphatic carbocycles. The van der Waals surface area contributed by atoms with Gasteiger partial charge in [-0.25, -0.2) is 0 Å². The first-order valence-corrected chi connectivity index (χ1v) is 5.91. The lowest BCUT2D eigenvalue weighted by Crippen LogP contribution is -2.43. The van der Waals surface area contributed by atoms with Gasteiger partial charge < -0.3 is 22.1 Å². The Bertz CT molecular complexity index is 291. The van der Waals surface area contributed by atoms with Crippen LogP contribution < -0.4 is 17.2 Å². The fourth-order valence-corrected chi connectivity index (χ4v) is 1.57. The van der Waals surface area contributed by atoms with Gasteiger partial charge in [0.05, 0.1) is 13.1 Å². The van der Waals surface area contributed by atoms with Crippen molar-refractivity contribution in [1.82, 2.24) is 4.90 Å². The summed E-state index contributed by atoms with van der Waals surface area (Å²) in [7, 11) is 0. The maximum absolute atomic E-state index is 11.8. The van der Waals surface area contributed by atoms with Gasteiger partial charge in [-0.05, 0) is 25.3 Å². The molecular formula is C11H22N4O3. The molecule has 104 valence electrons. The average Bonchev–Trinajstić information content (AvgIpc) is 2.24. The molecule has 0 aliphatic heterocycles. The van der Waals surface area contributed by atoms with Crippen LogP contribution in [-0.4, -0.2) is 42.3 Å². The summed E-state index contributed by atoms with van der Waals surface area (Å²) in [6.07, 6.45) is 1.74. The van der Waals surface area contributed by atoms with Gasteiger partial charge in [0.25, 0.3) is 0 Å². The monoisotopic (exact) mass is 258 g/mol. The number of nitrogens with two attached hydrogens (primary N) is 3. The molecule has 1 atom stereocenters. The predicted molar refractivity (Wildman–Crippen MR) is 67.0 cm³/mol. The summed E-state index contributed by atoms with van der Waals surface area (Å²) in [6.45, 7) is 1.99. The van der Waals surface area contributed by atoms with Crippen LogP contribution in [0.3, 0.4) is 0 Å². The molecule has 0 saturated carbocycles. The van der Waals surface area contributed by atoms with E-state index in [-0.39, 0.29) is 25.4 Å². The standard InChI is InChI=1S/C11H22N4O3/c1-8(4-5-12)2-3-11(18)15(6-9(13)16)7-10(14)17/h8H,2-7,12H2,1H3,(H2,13,16)(H2,14,17). The van der Waals surface area contributed by atoms with Crippen molar-refractivity contribution in [2.75, 3.05) is 19.6 Å². The number of hydrogen-bond acceptors (Lipinski definition) is 4. The number of nitrogens with zero attached hydrogens (tertiary/aromatic N) is 1. The first-order chi connectivity index (χ1) is 8.36. The molecule has 7 heteroatoms. The molecule has 3 amide bonds. The van der Waals surface area contributed by atoms with Crippen molar-refractivity contribution in [2.24, 2.45) is 23.1 Å². The number of amides is 3. The van der Waals surface area contributed by atoms with E-state index in [1.54, 1.807) is 0 Å². The van der Waals surface area contributed by atoms with Crippen LogP contribution in [0.25, 0.3) is 0 Å². The van der Waals surface area contributed by atoms with E-state index in [1.807, 2.05) is 6.92 Å². The van der Waals surface area contributed by atoms with Gasteiger partial charge in [0.1, 0.15) is 0 Å². The van der Waals surface area contributed by atoms with Crippen LogP contribution in [0, 0.1) is 5.92 Å². The van der Waals surface area contributed by atoms with Gasteiger partial charge in [0.15, 0.2) is 0 Å². The largest absolute Gasteiger partial charge is 0.368 e. The maximum atomic E-state index is 11.8. The van der Waals surface area contributed by atoms with Crippen molar-refractivity contribution in [2.45, 2.75) is 26.2 Å². The van der Waals surface area contributed by atoms with Crippen LogP contribution in [0.4, 0.5) is 0 Å². The smallest absolute Gasteiger partial charge is 0.237 e. The molecule has 0 bridgehead atoms. The summed E-state index contributed by atoms with van der Waals surface area (Å²) >= 11 is 0. The highest BCUT2D eigenvalue weighted by atomic mass is 16.2. The molecule has 7 nitrogen and oxygen atoms in total. The third-order valence-electron chi connectivity index (χ3n) is 2.56. The van der Waals surface area contributed by atoms with Crippen LogP contribution in [0.15, 0.2) is 0 Å². The second-order valence-electron chi connectivity index (χ2n) is 4.40. The molecule has 6 N–H and O–H groups in total. The Balaban J connectivity index is 4.28. The summed E-state index contributed by atoms with van der Waals surface area (Å²) in [5.74, 6) is -1.31. The minimum atomic E-state index is -0.667. The third-order valence-corrected chi connectivity index (χ3v) is 2.56. The van der Waals surface area contributed by atoms with E-state index in [0.717, 1.165) is 11.3 Å². The van der Waals surface area contributed by atoms with E-state index in [4.69, 9.17) is 17.2 Å². The van der Waals surface area contributed by atoms with Gasteiger partial charge in [-0.3, -0.25) is 14.4 Å². The van der Waals surface area contributed by atoms with Gasteiger partial charge in [0, 0.05) is 6.42 Å². The molecule has 0 aromatic carbocycles. The molecule has 0 aliphatic rings. The van der Waals surface area contributed by atoms with Crippen molar-refractivity contribution in [1.29, 1.82) is 0 Å². The Labute approximate surface area is 107 Å². The molecule has 0 aromatic rings. The van der Waals surface area contributed by atoms with E-state index in [1.165, 1.54) is 0 Å². The molecule has 0 radical (unpaired) electrons. The highest BCUT2D eigenvalue weighted by Gasteiger charge is 2.18. The van der Waals surface area contributed by atoms with Crippen LogP contribution >= 0.6 is 0 Å². The number of carbonyl (C=O) groups excluding carboxylic acids is 3. The lowest BCUT2D eigenvalue weighted by Gasteiger charge is -2.20. The highest BCUT2D eigenvalue weighted by Crippen LogP contribution is 2.10. The van der Waals surface area contributed by atoms with Crippen molar-refractivity contribution in [3.63, 3.8) is 0 Å². The second kappa shape index (κ2) is 8.46. The Morgan fingerprint density at radius 2 is 1.56 bits per heavy atom. The fraction of sp³-hybridized carbons (Fsp3) is 0.727. The molecule has 0 fully saturated rings. The minimum Gasteiger partial charge on any atom is -0.368 e. The van der Waals surface area contributed by atoms with Gasteiger partial charge in [-0.15, -0.1) is 0 Å². The van der Waals surface area contributed by atoms with Crippen LogP contribution in [-0.2, 0) is 14.4 Å². The lowest BCUT2D eigenvalue weighted by molar-refractivity contribution is -0.138. The maximum Gasteiger partial charge on any atom is 0.237 e. The number of hydrogen-bond donors (Lipinski definition) is 3. The zero-order chi connectivity index (χ0) is 14.1. The van der Waals surface area contributed by atoms with E-state index < -0.39 is 11.8 Å². The molecule has 0 aromatic heterocycles. The molecule has 1 unspecified atom stereocenters. The predicted octanol–water partition coefficient (Wildman–Crippen LogP) is -1.45. The molecule has 18 heavy (non-hydrogen) atoms. The van der Waals surface area contributed by atoms with Crippen molar-refractivity contribution < 1.29 is 14.4 Å². The first-order valence-electron chi connectivity index (χ1n) is 5.91. The van der Waals surface area contributed by atoms with Gasteiger partial charge >= 0.3 is 0 Å². The summed E-state index contributed by atoms with van der Waals surface area (Å²) in [6, 6.07) is 0.